The maximum Gasteiger partial charge on any atom is 0.273 e. The highest BCUT2D eigenvalue weighted by Crippen LogP contribution is 2.42. The van der Waals surface area contributed by atoms with Crippen LogP contribution in [0.1, 0.15) is 17.0 Å². The molecule has 0 bridgehead atoms. The van der Waals surface area contributed by atoms with Gasteiger partial charge in [-0.15, -0.1) is 0 Å². The molecule has 2 heterocycles. The number of carbonyl (C=O) groups is 1. The van der Waals surface area contributed by atoms with Gasteiger partial charge in [0.1, 0.15) is 5.70 Å². The summed E-state index contributed by atoms with van der Waals surface area (Å²) in [4.78, 5) is 12.9. The van der Waals surface area contributed by atoms with E-state index in [1.54, 1.807) is 24.4 Å². The number of anilines is 2. The van der Waals surface area contributed by atoms with Crippen LogP contribution in [0.2, 0.25) is 5.02 Å². The molecule has 2 aromatic carbocycles. The fourth-order valence-electron chi connectivity index (χ4n) is 3.15. The van der Waals surface area contributed by atoms with E-state index in [1.807, 2.05) is 36.4 Å². The summed E-state index contributed by atoms with van der Waals surface area (Å²) in [5.41, 5.74) is 2.58. The van der Waals surface area contributed by atoms with Crippen LogP contribution in [0.4, 0.5) is 11.5 Å². The molecule has 0 saturated heterocycles. The molecule has 0 saturated carbocycles. The number of nitrogens with one attached hydrogen (secondary N) is 3. The number of fused-ring (bicyclic) bond motifs is 1. The third-order valence-electron chi connectivity index (χ3n) is 4.38. The molecule has 6 nitrogen and oxygen atoms in total. The Morgan fingerprint density at radius 2 is 1.85 bits per heavy atom. The number of aromatic amines is 1. The van der Waals surface area contributed by atoms with Gasteiger partial charge in [0.25, 0.3) is 5.91 Å². The van der Waals surface area contributed by atoms with Gasteiger partial charge in [0.2, 0.25) is 0 Å². The van der Waals surface area contributed by atoms with Crippen molar-refractivity contribution in [2.45, 2.75) is 5.92 Å². The summed E-state index contributed by atoms with van der Waals surface area (Å²) in [6, 6.07) is 18.5. The molecule has 3 N–H and O–H groups in total. The van der Waals surface area contributed by atoms with E-state index in [2.05, 4.69) is 26.9 Å². The minimum absolute atomic E-state index is 0.158. The molecule has 27 heavy (non-hydrogen) atoms. The summed E-state index contributed by atoms with van der Waals surface area (Å²) in [5.74, 6) is -0.407. The van der Waals surface area contributed by atoms with E-state index in [-0.39, 0.29) is 11.3 Å². The van der Waals surface area contributed by atoms with Crippen molar-refractivity contribution >= 4 is 29.0 Å². The molecule has 1 aromatic heterocycles. The van der Waals surface area contributed by atoms with Crippen molar-refractivity contribution in [3.63, 3.8) is 0 Å². The third-order valence-corrected chi connectivity index (χ3v) is 4.72. The van der Waals surface area contributed by atoms with E-state index >= 15 is 0 Å². The molecule has 0 radical (unpaired) electrons. The van der Waals surface area contributed by atoms with Crippen LogP contribution < -0.4 is 10.6 Å². The molecule has 132 valence electrons. The molecular weight excluding hydrogens is 362 g/mol. The molecule has 1 unspecified atom stereocenters. The van der Waals surface area contributed by atoms with Gasteiger partial charge in [-0.25, -0.2) is 0 Å². The fraction of sp³-hybridized carbons (Fsp3) is 0.0500. The summed E-state index contributed by atoms with van der Waals surface area (Å²) >= 11 is 6.39. The Balaban J connectivity index is 1.81. The van der Waals surface area contributed by atoms with E-state index in [9.17, 15) is 10.1 Å². The van der Waals surface area contributed by atoms with Crippen molar-refractivity contribution in [3.05, 3.63) is 88.2 Å². The monoisotopic (exact) mass is 375 g/mol. The van der Waals surface area contributed by atoms with Gasteiger partial charge in [0.15, 0.2) is 5.82 Å². The first-order chi connectivity index (χ1) is 13.2. The number of hydrogen-bond acceptors (Lipinski definition) is 4. The Bertz CT molecular complexity index is 1080. The maximum atomic E-state index is 12.9. The predicted molar refractivity (Wildman–Crippen MR) is 103 cm³/mol. The molecule has 0 fully saturated rings. The number of para-hydroxylation sites is 1. The number of rotatable bonds is 3. The van der Waals surface area contributed by atoms with E-state index in [1.165, 1.54) is 0 Å². The second-order valence-corrected chi connectivity index (χ2v) is 6.40. The molecule has 0 spiro atoms. The molecule has 7 heteroatoms. The van der Waals surface area contributed by atoms with Gasteiger partial charge in [0.05, 0.1) is 17.6 Å². The second-order valence-electron chi connectivity index (χ2n) is 5.99. The normalized spacial score (nSPS) is 15.5. The number of nitrogens with zero attached hydrogens (tertiary/aromatic N) is 2. The van der Waals surface area contributed by atoms with Crippen LogP contribution in [-0.4, -0.2) is 16.1 Å². The average molecular weight is 376 g/mol. The highest BCUT2D eigenvalue weighted by molar-refractivity contribution is 6.31. The minimum atomic E-state index is -0.491. The number of allylic oxidation sites excluding steroid dienone is 1. The van der Waals surface area contributed by atoms with Gasteiger partial charge in [-0.05, 0) is 23.8 Å². The van der Waals surface area contributed by atoms with Gasteiger partial charge in [-0.3, -0.25) is 9.89 Å². The van der Waals surface area contributed by atoms with Crippen LogP contribution in [0.15, 0.2) is 72.1 Å². The Morgan fingerprint density at radius 1 is 1.11 bits per heavy atom. The molecule has 0 aliphatic carbocycles. The summed E-state index contributed by atoms with van der Waals surface area (Å²) in [6.07, 6.45) is 1.71. The van der Waals surface area contributed by atoms with Crippen LogP contribution in [-0.2, 0) is 4.79 Å². The quantitative estimate of drug-likeness (QED) is 0.644. The number of aromatic nitrogens is 2. The number of H-pyrrole nitrogens is 1. The highest BCUT2D eigenvalue weighted by Gasteiger charge is 2.34. The Kier molecular flexibility index (Phi) is 4.37. The van der Waals surface area contributed by atoms with Crippen molar-refractivity contribution in [1.82, 2.24) is 10.2 Å². The first kappa shape index (κ1) is 16.9. The van der Waals surface area contributed by atoms with Crippen molar-refractivity contribution in [3.8, 4) is 6.07 Å². The number of carbonyl (C=O) groups excluding carboxylic acids is 1. The number of hydrogen-bond donors (Lipinski definition) is 3. The molecule has 4 rings (SSSR count). The van der Waals surface area contributed by atoms with Crippen LogP contribution in [0.25, 0.3) is 0 Å². The van der Waals surface area contributed by atoms with Gasteiger partial charge in [-0.2, -0.15) is 10.4 Å². The predicted octanol–water partition coefficient (Wildman–Crippen LogP) is 4.04. The van der Waals surface area contributed by atoms with E-state index < -0.39 is 11.8 Å². The minimum Gasteiger partial charge on any atom is -0.333 e. The Labute approximate surface area is 160 Å². The summed E-state index contributed by atoms with van der Waals surface area (Å²) in [7, 11) is 0. The van der Waals surface area contributed by atoms with Gasteiger partial charge < -0.3 is 10.6 Å². The van der Waals surface area contributed by atoms with E-state index in [0.717, 1.165) is 11.1 Å². The lowest BCUT2D eigenvalue weighted by atomic mass is 9.83. The van der Waals surface area contributed by atoms with Crippen molar-refractivity contribution < 1.29 is 4.79 Å². The number of benzene rings is 2. The molecule has 1 amide bonds. The topological polar surface area (TPSA) is 93.6 Å². The first-order valence-electron chi connectivity index (χ1n) is 8.25. The lowest BCUT2D eigenvalue weighted by Gasteiger charge is -2.26. The lowest BCUT2D eigenvalue weighted by Crippen LogP contribution is -2.27. The Morgan fingerprint density at radius 3 is 2.59 bits per heavy atom. The number of nitriles is 1. The lowest BCUT2D eigenvalue weighted by molar-refractivity contribution is -0.112. The van der Waals surface area contributed by atoms with Gasteiger partial charge >= 0.3 is 0 Å². The van der Waals surface area contributed by atoms with Gasteiger partial charge in [0, 0.05) is 22.5 Å². The van der Waals surface area contributed by atoms with Crippen LogP contribution in [0.3, 0.4) is 0 Å². The van der Waals surface area contributed by atoms with Crippen molar-refractivity contribution in [2.24, 2.45) is 0 Å². The number of halogens is 1. The Hall–Kier alpha value is -3.56. The largest absolute Gasteiger partial charge is 0.333 e. The summed E-state index contributed by atoms with van der Waals surface area (Å²) < 4.78 is 0. The zero-order valence-corrected chi connectivity index (χ0v) is 14.8. The van der Waals surface area contributed by atoms with Crippen molar-refractivity contribution in [2.75, 3.05) is 10.6 Å². The standard InChI is InChI=1S/C20H14ClN5O/c21-16-9-5-4-8-13(16)17-14(10-22)18(25-19-15(17)11-23-26-19)20(27)24-12-6-2-1-3-7-12/h1-9,11,17H,(H,24,27)(H2,23,25,26). The van der Waals surface area contributed by atoms with E-state index in [0.29, 0.717) is 16.5 Å². The summed E-state index contributed by atoms with van der Waals surface area (Å²) in [6.45, 7) is 0. The van der Waals surface area contributed by atoms with E-state index in [4.69, 9.17) is 11.6 Å². The molecule has 1 aliphatic rings. The smallest absolute Gasteiger partial charge is 0.273 e. The second kappa shape index (κ2) is 6.98. The third kappa shape index (κ3) is 3.05. The van der Waals surface area contributed by atoms with Crippen LogP contribution in [0, 0.1) is 11.3 Å². The highest BCUT2D eigenvalue weighted by atomic mass is 35.5. The zero-order chi connectivity index (χ0) is 18.8. The molecular formula is C20H14ClN5O. The molecule has 1 atom stereocenters. The molecule has 1 aliphatic heterocycles. The number of amides is 1. The van der Waals surface area contributed by atoms with Crippen LogP contribution >= 0.6 is 11.6 Å². The average Bonchev–Trinajstić information content (AvgIpc) is 3.16. The van der Waals surface area contributed by atoms with Crippen LogP contribution in [0.5, 0.6) is 0 Å². The van der Waals surface area contributed by atoms with Gasteiger partial charge in [-0.1, -0.05) is 48.0 Å². The summed E-state index contributed by atoms with van der Waals surface area (Å²) in [5, 5.41) is 23.1. The first-order valence-corrected chi connectivity index (χ1v) is 8.62. The zero-order valence-electron chi connectivity index (χ0n) is 14.0. The SMILES string of the molecule is N#CC1=C(C(=O)Nc2ccccc2)Nc2n[nH]cc2C1c1ccccc1Cl. The van der Waals surface area contributed by atoms with Crippen molar-refractivity contribution in [1.29, 1.82) is 5.26 Å². The fourth-order valence-corrected chi connectivity index (χ4v) is 3.40. The molecule has 3 aromatic rings. The maximum absolute atomic E-state index is 12.9.